The van der Waals surface area contributed by atoms with Crippen LogP contribution < -0.4 is 32.6 Å². The number of pyridine rings is 1. The Bertz CT molecular complexity index is 1860. The Morgan fingerprint density at radius 2 is 1.80 bits per heavy atom. The van der Waals surface area contributed by atoms with Gasteiger partial charge in [0.15, 0.2) is 0 Å². The molecule has 3 aromatic rings. The van der Waals surface area contributed by atoms with Crippen LogP contribution in [0.15, 0.2) is 58.1 Å². The Labute approximate surface area is 281 Å². The molecule has 7 rings (SSSR count). The fourth-order valence-electron chi connectivity index (χ4n) is 8.18. The number of nitrogens with two attached hydrogens (primary N) is 1. The molecule has 3 atom stereocenters. The summed E-state index contributed by atoms with van der Waals surface area (Å²) >= 11 is 0. The number of nitrogens with zero attached hydrogens (tertiary/aromatic N) is 1. The van der Waals surface area contributed by atoms with Gasteiger partial charge in [0.25, 0.3) is 17.4 Å². The molecule has 258 valence electrons. The second-order valence-corrected chi connectivity index (χ2v) is 13.6. The van der Waals surface area contributed by atoms with Gasteiger partial charge in [-0.3, -0.25) is 33.6 Å². The molecule has 5 amide bonds. The van der Waals surface area contributed by atoms with Crippen LogP contribution in [-0.4, -0.2) is 58.5 Å². The fourth-order valence-corrected chi connectivity index (χ4v) is 8.18. The highest BCUT2D eigenvalue weighted by Gasteiger charge is 2.58. The van der Waals surface area contributed by atoms with Gasteiger partial charge < -0.3 is 36.0 Å². The van der Waals surface area contributed by atoms with E-state index in [-0.39, 0.29) is 66.9 Å². The standard InChI is InChI=1S/C35H40N6O8/c1-2-37-32(46)26(42)8-7-24(38-30(44)21-6-5-20-9-11-49-27(20)14-21)31(45)39-25-4-3-10-41(33(25)47)18-28(43)40-29-22-12-19-13-23(29)17-35(15-19,16-22)34(36)48/h3-6,9-11,14,19,22-24,29H,2,7-8,12-13,15-18H2,1H3,(H2,36,48)(H,37,46)(H,38,44)(H,39,45)(H,40,43)/t19?,22?,23?,24-,29?,35?/m0/s1. The van der Waals surface area contributed by atoms with Gasteiger partial charge in [-0.15, -0.1) is 0 Å². The van der Waals surface area contributed by atoms with Crippen LogP contribution in [0.2, 0.25) is 0 Å². The lowest BCUT2D eigenvalue weighted by Crippen LogP contribution is -2.62. The third-order valence-electron chi connectivity index (χ3n) is 10.3. The van der Waals surface area contributed by atoms with Gasteiger partial charge in [-0.25, -0.2) is 0 Å². The van der Waals surface area contributed by atoms with Crippen LogP contribution in [0.3, 0.4) is 0 Å². The zero-order chi connectivity index (χ0) is 34.9. The van der Waals surface area contributed by atoms with E-state index in [4.69, 9.17) is 10.2 Å². The molecule has 0 saturated heterocycles. The summed E-state index contributed by atoms with van der Waals surface area (Å²) in [6, 6.07) is 7.98. The summed E-state index contributed by atoms with van der Waals surface area (Å²) in [6.07, 6.45) is 6.36. The number of Topliss-reactive ketones (excluding diaryl/α,β-unsaturated/α-hetero) is 1. The van der Waals surface area contributed by atoms with Crippen molar-refractivity contribution in [3.05, 3.63) is 64.8 Å². The Morgan fingerprint density at radius 1 is 1.04 bits per heavy atom. The number of rotatable bonds is 13. The zero-order valence-corrected chi connectivity index (χ0v) is 27.2. The lowest BCUT2D eigenvalue weighted by atomic mass is 9.47. The first-order valence-corrected chi connectivity index (χ1v) is 16.6. The largest absolute Gasteiger partial charge is 0.464 e. The van der Waals surface area contributed by atoms with Gasteiger partial charge in [0.2, 0.25) is 23.5 Å². The molecule has 14 heteroatoms. The normalized spacial score (nSPS) is 24.2. The van der Waals surface area contributed by atoms with E-state index in [0.29, 0.717) is 24.3 Å². The summed E-state index contributed by atoms with van der Waals surface area (Å²) in [6.45, 7) is 1.62. The number of ketones is 1. The van der Waals surface area contributed by atoms with E-state index in [1.54, 1.807) is 25.1 Å². The minimum atomic E-state index is -1.30. The lowest BCUT2D eigenvalue weighted by molar-refractivity contribution is -0.147. The van der Waals surface area contributed by atoms with Crippen LogP contribution in [0.5, 0.6) is 0 Å². The molecule has 6 N–H and O–H groups in total. The molecule has 2 heterocycles. The first-order valence-electron chi connectivity index (χ1n) is 16.6. The molecular weight excluding hydrogens is 632 g/mol. The van der Waals surface area contributed by atoms with E-state index in [1.807, 2.05) is 0 Å². The SMILES string of the molecule is CCNC(=O)C(=O)CC[C@H](NC(=O)c1ccc2ccoc2c1)C(=O)Nc1cccn(CC(=O)NC2C3CC4CC2CC(C(N)=O)(C4)C3)c1=O. The monoisotopic (exact) mass is 672 g/mol. The molecule has 0 radical (unpaired) electrons. The highest BCUT2D eigenvalue weighted by molar-refractivity contribution is 6.36. The van der Waals surface area contributed by atoms with E-state index in [1.165, 1.54) is 35.2 Å². The van der Waals surface area contributed by atoms with Crippen molar-refractivity contribution in [2.45, 2.75) is 70.5 Å². The molecule has 1 aromatic carbocycles. The van der Waals surface area contributed by atoms with Crippen molar-refractivity contribution in [1.29, 1.82) is 0 Å². The van der Waals surface area contributed by atoms with Crippen molar-refractivity contribution >= 4 is 52.0 Å². The van der Waals surface area contributed by atoms with Crippen molar-refractivity contribution in [2.75, 3.05) is 11.9 Å². The van der Waals surface area contributed by atoms with Gasteiger partial charge in [-0.05, 0) is 93.5 Å². The number of likely N-dealkylation sites (N-methyl/N-ethyl adjacent to an activating group) is 1. The highest BCUT2D eigenvalue weighted by atomic mass is 16.3. The lowest BCUT2D eigenvalue weighted by Gasteiger charge is -2.58. The van der Waals surface area contributed by atoms with Crippen LogP contribution in [-0.2, 0) is 30.5 Å². The molecule has 4 bridgehead atoms. The first-order chi connectivity index (χ1) is 23.5. The second kappa shape index (κ2) is 13.7. The number of carbonyl (C=O) groups excluding carboxylic acids is 6. The molecule has 4 fully saturated rings. The first kappa shape index (κ1) is 33.6. The number of hydrogen-bond acceptors (Lipinski definition) is 8. The van der Waals surface area contributed by atoms with Gasteiger partial charge in [-0.1, -0.05) is 6.07 Å². The van der Waals surface area contributed by atoms with E-state index < -0.39 is 40.5 Å². The van der Waals surface area contributed by atoms with Crippen molar-refractivity contribution in [1.82, 2.24) is 20.5 Å². The highest BCUT2D eigenvalue weighted by Crippen LogP contribution is 2.59. The number of hydrogen-bond donors (Lipinski definition) is 5. The third-order valence-corrected chi connectivity index (χ3v) is 10.3. The van der Waals surface area contributed by atoms with Gasteiger partial charge in [0.05, 0.1) is 6.26 Å². The van der Waals surface area contributed by atoms with E-state index in [2.05, 4.69) is 21.3 Å². The van der Waals surface area contributed by atoms with Gasteiger partial charge >= 0.3 is 0 Å². The Hall–Kier alpha value is -5.27. The molecule has 14 nitrogen and oxygen atoms in total. The van der Waals surface area contributed by atoms with Gasteiger partial charge in [0, 0.05) is 41.6 Å². The number of aromatic nitrogens is 1. The van der Waals surface area contributed by atoms with E-state index >= 15 is 0 Å². The molecule has 2 unspecified atom stereocenters. The summed E-state index contributed by atoms with van der Waals surface area (Å²) in [5, 5.41) is 11.4. The van der Waals surface area contributed by atoms with Crippen molar-refractivity contribution < 1.29 is 33.2 Å². The number of carbonyl (C=O) groups is 6. The van der Waals surface area contributed by atoms with E-state index in [0.717, 1.165) is 24.6 Å². The average Bonchev–Trinajstić information content (AvgIpc) is 3.54. The number of fused-ring (bicyclic) bond motifs is 1. The molecule has 0 aliphatic heterocycles. The van der Waals surface area contributed by atoms with Crippen molar-refractivity contribution in [3.63, 3.8) is 0 Å². The van der Waals surface area contributed by atoms with Crippen LogP contribution >= 0.6 is 0 Å². The predicted molar refractivity (Wildman–Crippen MR) is 177 cm³/mol. The van der Waals surface area contributed by atoms with Crippen molar-refractivity contribution in [2.24, 2.45) is 28.9 Å². The summed E-state index contributed by atoms with van der Waals surface area (Å²) in [4.78, 5) is 90.0. The van der Waals surface area contributed by atoms with Crippen LogP contribution in [0.1, 0.15) is 62.2 Å². The minimum absolute atomic E-state index is 0.102. The van der Waals surface area contributed by atoms with Crippen LogP contribution in [0, 0.1) is 23.2 Å². The minimum Gasteiger partial charge on any atom is -0.464 e. The molecule has 49 heavy (non-hydrogen) atoms. The summed E-state index contributed by atoms with van der Waals surface area (Å²) in [7, 11) is 0. The molecule has 0 spiro atoms. The number of benzene rings is 1. The number of primary amides is 1. The smallest absolute Gasteiger partial charge is 0.287 e. The summed E-state index contributed by atoms with van der Waals surface area (Å²) in [5.74, 6) is -2.86. The molecular formula is C35H40N6O8. The quantitative estimate of drug-likeness (QED) is 0.168. The number of nitrogens with one attached hydrogen (secondary N) is 4. The second-order valence-electron chi connectivity index (χ2n) is 13.6. The van der Waals surface area contributed by atoms with Crippen molar-refractivity contribution in [3.8, 4) is 0 Å². The Balaban J connectivity index is 1.13. The fraction of sp³-hybridized carbons (Fsp3) is 0.457. The predicted octanol–water partition coefficient (Wildman–Crippen LogP) is 1.61. The number of amides is 5. The molecule has 2 aromatic heterocycles. The number of furan rings is 1. The topological polar surface area (TPSA) is 212 Å². The maximum Gasteiger partial charge on any atom is 0.287 e. The molecule has 4 aliphatic carbocycles. The molecule has 4 aliphatic rings. The van der Waals surface area contributed by atoms with Gasteiger partial charge in [0.1, 0.15) is 23.9 Å². The maximum atomic E-state index is 13.5. The zero-order valence-electron chi connectivity index (χ0n) is 27.2. The molecule has 4 saturated carbocycles. The Kier molecular flexibility index (Phi) is 9.39. The Morgan fingerprint density at radius 3 is 2.51 bits per heavy atom. The summed E-state index contributed by atoms with van der Waals surface area (Å²) < 4.78 is 6.55. The van der Waals surface area contributed by atoms with Gasteiger partial charge in [-0.2, -0.15) is 0 Å². The maximum absolute atomic E-state index is 13.5. The van der Waals surface area contributed by atoms with Crippen LogP contribution in [0.4, 0.5) is 5.69 Å². The van der Waals surface area contributed by atoms with Crippen LogP contribution in [0.25, 0.3) is 11.0 Å². The van der Waals surface area contributed by atoms with E-state index in [9.17, 15) is 33.6 Å². The number of anilines is 1. The summed E-state index contributed by atoms with van der Waals surface area (Å²) in [5.41, 5.74) is 5.20. The third kappa shape index (κ3) is 6.99. The average molecular weight is 673 g/mol.